The molecule has 3 heterocycles. The largest absolute Gasteiger partial charge is 0.337 e. The van der Waals surface area contributed by atoms with Gasteiger partial charge in [0, 0.05) is 13.1 Å². The van der Waals surface area contributed by atoms with Gasteiger partial charge in [0.2, 0.25) is 0 Å². The molecular weight excluding hydrogens is 296 g/mol. The van der Waals surface area contributed by atoms with Crippen molar-refractivity contribution >= 4 is 29.4 Å². The van der Waals surface area contributed by atoms with Crippen LogP contribution in [0.5, 0.6) is 0 Å². The van der Waals surface area contributed by atoms with Crippen LogP contribution in [0, 0.1) is 0 Å². The van der Waals surface area contributed by atoms with Gasteiger partial charge in [0.1, 0.15) is 16.4 Å². The minimum absolute atomic E-state index is 0.225. The zero-order valence-corrected chi connectivity index (χ0v) is 11.8. The Morgan fingerprint density at radius 2 is 2.00 bits per heavy atom. The van der Waals surface area contributed by atoms with Crippen LogP contribution in [0.3, 0.4) is 0 Å². The SMILES string of the molecule is O=C1NC(=O)C2(CCN(C(=O)c3cccc(Cl)n3)CC2)N1. The van der Waals surface area contributed by atoms with E-state index in [1.165, 1.54) is 0 Å². The van der Waals surface area contributed by atoms with E-state index in [1.807, 2.05) is 0 Å². The molecule has 2 aliphatic rings. The summed E-state index contributed by atoms with van der Waals surface area (Å²) in [5, 5.41) is 5.15. The summed E-state index contributed by atoms with van der Waals surface area (Å²) >= 11 is 5.78. The summed E-state index contributed by atoms with van der Waals surface area (Å²) in [7, 11) is 0. The minimum atomic E-state index is -0.879. The number of imide groups is 1. The van der Waals surface area contributed by atoms with Crippen LogP contribution in [0.1, 0.15) is 23.3 Å². The smallest absolute Gasteiger partial charge is 0.322 e. The van der Waals surface area contributed by atoms with Gasteiger partial charge in [0.15, 0.2) is 0 Å². The van der Waals surface area contributed by atoms with Crippen molar-refractivity contribution in [2.24, 2.45) is 0 Å². The molecule has 4 amide bonds. The van der Waals surface area contributed by atoms with Crippen LogP contribution >= 0.6 is 11.6 Å². The van der Waals surface area contributed by atoms with Gasteiger partial charge in [-0.25, -0.2) is 9.78 Å². The van der Waals surface area contributed by atoms with Gasteiger partial charge in [0.05, 0.1) is 0 Å². The van der Waals surface area contributed by atoms with Crippen molar-refractivity contribution in [3.63, 3.8) is 0 Å². The summed E-state index contributed by atoms with van der Waals surface area (Å²) in [5.74, 6) is -0.544. The number of piperidine rings is 1. The van der Waals surface area contributed by atoms with E-state index in [9.17, 15) is 14.4 Å². The van der Waals surface area contributed by atoms with E-state index in [2.05, 4.69) is 15.6 Å². The van der Waals surface area contributed by atoms with Gasteiger partial charge >= 0.3 is 6.03 Å². The van der Waals surface area contributed by atoms with Crippen LogP contribution in [-0.4, -0.2) is 46.4 Å². The van der Waals surface area contributed by atoms with Crippen LogP contribution in [0.15, 0.2) is 18.2 Å². The quantitative estimate of drug-likeness (QED) is 0.585. The van der Waals surface area contributed by atoms with E-state index < -0.39 is 11.6 Å². The molecule has 110 valence electrons. The van der Waals surface area contributed by atoms with Crippen LogP contribution < -0.4 is 10.6 Å². The molecule has 0 saturated carbocycles. The predicted octanol–water partition coefficient (Wildman–Crippen LogP) is 0.549. The summed E-state index contributed by atoms with van der Waals surface area (Å²) in [6.45, 7) is 0.751. The van der Waals surface area contributed by atoms with E-state index in [0.29, 0.717) is 25.9 Å². The number of carbonyl (C=O) groups excluding carboxylic acids is 3. The summed E-state index contributed by atoms with van der Waals surface area (Å²) in [4.78, 5) is 41.0. The minimum Gasteiger partial charge on any atom is -0.337 e. The molecular formula is C13H13ClN4O3. The lowest BCUT2D eigenvalue weighted by Crippen LogP contribution is -2.55. The first-order valence-corrected chi connectivity index (χ1v) is 6.93. The predicted molar refractivity (Wildman–Crippen MR) is 73.8 cm³/mol. The Morgan fingerprint density at radius 3 is 2.57 bits per heavy atom. The third-order valence-corrected chi connectivity index (χ3v) is 4.06. The van der Waals surface area contributed by atoms with Crippen molar-refractivity contribution < 1.29 is 14.4 Å². The highest BCUT2D eigenvalue weighted by Crippen LogP contribution is 2.26. The average Bonchev–Trinajstić information content (AvgIpc) is 2.73. The fourth-order valence-corrected chi connectivity index (χ4v) is 2.82. The molecule has 2 fully saturated rings. The van der Waals surface area contributed by atoms with Gasteiger partial charge in [-0.15, -0.1) is 0 Å². The Balaban J connectivity index is 1.70. The zero-order chi connectivity index (χ0) is 15.0. The molecule has 2 N–H and O–H groups in total. The normalized spacial score (nSPS) is 20.3. The van der Waals surface area contributed by atoms with Crippen molar-refractivity contribution in [2.45, 2.75) is 18.4 Å². The summed E-state index contributed by atoms with van der Waals surface area (Å²) in [5.41, 5.74) is -0.603. The van der Waals surface area contributed by atoms with E-state index >= 15 is 0 Å². The molecule has 0 atom stereocenters. The van der Waals surface area contributed by atoms with Gasteiger partial charge in [-0.1, -0.05) is 17.7 Å². The molecule has 21 heavy (non-hydrogen) atoms. The Labute approximate surface area is 125 Å². The van der Waals surface area contributed by atoms with Crippen molar-refractivity contribution in [3.8, 4) is 0 Å². The molecule has 2 aliphatic heterocycles. The maximum atomic E-state index is 12.3. The average molecular weight is 309 g/mol. The Morgan fingerprint density at radius 1 is 1.29 bits per heavy atom. The standard InChI is InChI=1S/C13H13ClN4O3/c14-9-3-1-2-8(15-9)10(19)18-6-4-13(5-7-18)11(20)16-12(21)17-13/h1-3H,4-7H2,(H2,16,17,20,21). The second kappa shape index (κ2) is 5.00. The molecule has 1 aromatic rings. The number of carbonyl (C=O) groups is 3. The van der Waals surface area contributed by atoms with Gasteiger partial charge in [-0.2, -0.15) is 0 Å². The molecule has 8 heteroatoms. The van der Waals surface area contributed by atoms with E-state index in [1.54, 1.807) is 23.1 Å². The first kappa shape index (κ1) is 13.8. The van der Waals surface area contributed by atoms with Gasteiger partial charge < -0.3 is 10.2 Å². The van der Waals surface area contributed by atoms with E-state index in [4.69, 9.17) is 11.6 Å². The number of halogens is 1. The second-order valence-electron chi connectivity index (χ2n) is 5.13. The van der Waals surface area contributed by atoms with Crippen LogP contribution in [0.2, 0.25) is 5.15 Å². The molecule has 0 bridgehead atoms. The first-order valence-electron chi connectivity index (χ1n) is 6.56. The third-order valence-electron chi connectivity index (χ3n) is 3.85. The number of pyridine rings is 1. The highest BCUT2D eigenvalue weighted by Gasteiger charge is 2.48. The van der Waals surface area contributed by atoms with E-state index in [-0.39, 0.29) is 22.7 Å². The molecule has 0 unspecified atom stereocenters. The molecule has 1 aromatic heterocycles. The molecule has 1 spiro atoms. The number of aromatic nitrogens is 1. The van der Waals surface area contributed by atoms with Crippen LogP contribution in [0.4, 0.5) is 4.79 Å². The Bertz CT molecular complexity index is 626. The number of rotatable bonds is 1. The van der Waals surface area contributed by atoms with Crippen molar-refractivity contribution in [2.75, 3.05) is 13.1 Å². The first-order chi connectivity index (χ1) is 10.00. The van der Waals surface area contributed by atoms with E-state index in [0.717, 1.165) is 0 Å². The third kappa shape index (κ3) is 2.44. The molecule has 0 aromatic carbocycles. The van der Waals surface area contributed by atoms with Gasteiger partial charge in [0.25, 0.3) is 11.8 Å². The summed E-state index contributed by atoms with van der Waals surface area (Å²) in [6.07, 6.45) is 0.772. The number of hydrogen-bond donors (Lipinski definition) is 2. The Hall–Kier alpha value is -2.15. The molecule has 7 nitrogen and oxygen atoms in total. The number of nitrogens with zero attached hydrogens (tertiary/aromatic N) is 2. The number of urea groups is 1. The van der Waals surface area contributed by atoms with Crippen molar-refractivity contribution in [1.29, 1.82) is 0 Å². The number of likely N-dealkylation sites (tertiary alicyclic amines) is 1. The van der Waals surface area contributed by atoms with Crippen LogP contribution in [-0.2, 0) is 4.79 Å². The topological polar surface area (TPSA) is 91.4 Å². The molecule has 0 radical (unpaired) electrons. The number of hydrogen-bond acceptors (Lipinski definition) is 4. The van der Waals surface area contributed by atoms with Crippen molar-refractivity contribution in [1.82, 2.24) is 20.5 Å². The highest BCUT2D eigenvalue weighted by atomic mass is 35.5. The maximum absolute atomic E-state index is 12.3. The monoisotopic (exact) mass is 308 g/mol. The van der Waals surface area contributed by atoms with Crippen molar-refractivity contribution in [3.05, 3.63) is 29.0 Å². The fourth-order valence-electron chi connectivity index (χ4n) is 2.66. The summed E-state index contributed by atoms with van der Waals surface area (Å²) in [6, 6.07) is 4.39. The second-order valence-corrected chi connectivity index (χ2v) is 5.52. The lowest BCUT2D eigenvalue weighted by atomic mass is 9.87. The zero-order valence-electron chi connectivity index (χ0n) is 11.1. The Kier molecular flexibility index (Phi) is 3.29. The summed E-state index contributed by atoms with van der Waals surface area (Å²) < 4.78 is 0. The lowest BCUT2D eigenvalue weighted by molar-refractivity contribution is -0.125. The highest BCUT2D eigenvalue weighted by molar-refractivity contribution is 6.29. The maximum Gasteiger partial charge on any atom is 0.322 e. The number of nitrogens with one attached hydrogen (secondary N) is 2. The lowest BCUT2D eigenvalue weighted by Gasteiger charge is -2.36. The van der Waals surface area contributed by atoms with Gasteiger partial charge in [-0.05, 0) is 25.0 Å². The van der Waals surface area contributed by atoms with Crippen LogP contribution in [0.25, 0.3) is 0 Å². The fraction of sp³-hybridized carbons (Fsp3) is 0.385. The van der Waals surface area contributed by atoms with Gasteiger partial charge in [-0.3, -0.25) is 14.9 Å². The number of amides is 4. The molecule has 0 aliphatic carbocycles. The molecule has 2 saturated heterocycles. The molecule has 3 rings (SSSR count).